The summed E-state index contributed by atoms with van der Waals surface area (Å²) in [6.45, 7) is 1.45. The molecule has 0 aromatic heterocycles. The topological polar surface area (TPSA) is 17.1 Å². The minimum atomic E-state index is -0.393. The molecule has 1 nitrogen and oxygen atoms in total. The highest BCUT2D eigenvalue weighted by molar-refractivity contribution is 6.35. The third kappa shape index (κ3) is 2.55. The smallest absolute Gasteiger partial charge is 0.161 e. The van der Waals surface area contributed by atoms with Crippen LogP contribution in [0, 0.1) is 5.82 Å². The van der Waals surface area contributed by atoms with E-state index in [-0.39, 0.29) is 5.78 Å². The van der Waals surface area contributed by atoms with Crippen molar-refractivity contribution in [2.24, 2.45) is 0 Å². The molecule has 4 heteroatoms. The second-order valence-corrected chi connectivity index (χ2v) is 4.69. The predicted molar refractivity (Wildman–Crippen MR) is 71.9 cm³/mol. The summed E-state index contributed by atoms with van der Waals surface area (Å²) in [5.74, 6) is -0.494. The summed E-state index contributed by atoms with van der Waals surface area (Å²) in [5.41, 5.74) is 1.88. The Morgan fingerprint density at radius 2 is 1.78 bits per heavy atom. The fraction of sp³-hybridized carbons (Fsp3) is 0.0714. The van der Waals surface area contributed by atoms with Crippen molar-refractivity contribution in [1.29, 1.82) is 0 Å². The molecule has 0 aliphatic heterocycles. The summed E-state index contributed by atoms with van der Waals surface area (Å²) < 4.78 is 13.0. The zero-order valence-electron chi connectivity index (χ0n) is 9.51. The number of carbonyl (C=O) groups excluding carboxylic acids is 1. The summed E-state index contributed by atoms with van der Waals surface area (Å²) in [7, 11) is 0. The first-order valence-corrected chi connectivity index (χ1v) is 6.00. The second kappa shape index (κ2) is 5.09. The van der Waals surface area contributed by atoms with E-state index in [4.69, 9.17) is 23.2 Å². The number of hydrogen-bond acceptors (Lipinski definition) is 1. The fourth-order valence-corrected chi connectivity index (χ4v) is 2.28. The quantitative estimate of drug-likeness (QED) is 0.709. The SMILES string of the molecule is CC(=O)c1ccc(-c2ccc(F)cc2Cl)cc1Cl. The van der Waals surface area contributed by atoms with E-state index in [9.17, 15) is 9.18 Å². The Morgan fingerprint density at radius 1 is 1.06 bits per heavy atom. The van der Waals surface area contributed by atoms with Crippen LogP contribution in [-0.4, -0.2) is 5.78 Å². The summed E-state index contributed by atoms with van der Waals surface area (Å²) in [4.78, 5) is 11.3. The van der Waals surface area contributed by atoms with E-state index < -0.39 is 5.82 Å². The van der Waals surface area contributed by atoms with Crippen molar-refractivity contribution in [3.8, 4) is 11.1 Å². The van der Waals surface area contributed by atoms with Gasteiger partial charge in [0, 0.05) is 11.1 Å². The van der Waals surface area contributed by atoms with Gasteiger partial charge in [-0.15, -0.1) is 0 Å². The summed E-state index contributed by atoms with van der Waals surface area (Å²) >= 11 is 12.0. The molecule has 0 aliphatic rings. The van der Waals surface area contributed by atoms with Gasteiger partial charge in [-0.25, -0.2) is 4.39 Å². The summed E-state index contributed by atoms with van der Waals surface area (Å²) in [5, 5.41) is 0.669. The van der Waals surface area contributed by atoms with Gasteiger partial charge in [0.2, 0.25) is 0 Å². The van der Waals surface area contributed by atoms with Gasteiger partial charge in [-0.3, -0.25) is 4.79 Å². The van der Waals surface area contributed by atoms with Gasteiger partial charge in [0.15, 0.2) is 5.78 Å². The molecule has 0 atom stereocenters. The van der Waals surface area contributed by atoms with Crippen molar-refractivity contribution < 1.29 is 9.18 Å². The van der Waals surface area contributed by atoms with Gasteiger partial charge in [0.1, 0.15) is 5.82 Å². The van der Waals surface area contributed by atoms with Crippen molar-refractivity contribution in [3.05, 3.63) is 57.8 Å². The van der Waals surface area contributed by atoms with Gasteiger partial charge >= 0.3 is 0 Å². The Morgan fingerprint density at radius 3 is 2.33 bits per heavy atom. The average molecular weight is 283 g/mol. The minimum Gasteiger partial charge on any atom is -0.294 e. The van der Waals surface area contributed by atoms with Crippen molar-refractivity contribution in [1.82, 2.24) is 0 Å². The van der Waals surface area contributed by atoms with E-state index in [1.165, 1.54) is 19.1 Å². The molecule has 0 heterocycles. The lowest BCUT2D eigenvalue weighted by Crippen LogP contribution is -1.93. The Bertz CT molecular complexity index is 623. The molecule has 18 heavy (non-hydrogen) atoms. The van der Waals surface area contributed by atoms with E-state index in [2.05, 4.69) is 0 Å². The van der Waals surface area contributed by atoms with Crippen molar-refractivity contribution in [2.45, 2.75) is 6.92 Å². The van der Waals surface area contributed by atoms with Crippen LogP contribution in [0.2, 0.25) is 10.0 Å². The molecule has 0 fully saturated rings. The van der Waals surface area contributed by atoms with Gasteiger partial charge in [0.05, 0.1) is 10.0 Å². The molecule has 0 amide bonds. The number of halogens is 3. The zero-order chi connectivity index (χ0) is 13.3. The van der Waals surface area contributed by atoms with E-state index >= 15 is 0 Å². The number of rotatable bonds is 2. The first-order chi connectivity index (χ1) is 8.49. The molecule has 92 valence electrons. The monoisotopic (exact) mass is 282 g/mol. The van der Waals surface area contributed by atoms with Crippen LogP contribution in [0.4, 0.5) is 4.39 Å². The van der Waals surface area contributed by atoms with Crippen LogP contribution in [-0.2, 0) is 0 Å². The average Bonchev–Trinajstić information content (AvgIpc) is 2.28. The third-order valence-corrected chi connectivity index (χ3v) is 3.22. The predicted octanol–water partition coefficient (Wildman–Crippen LogP) is 5.00. The summed E-state index contributed by atoms with van der Waals surface area (Å²) in [6, 6.07) is 9.17. The van der Waals surface area contributed by atoms with Crippen LogP contribution in [0.25, 0.3) is 11.1 Å². The molecule has 2 aromatic carbocycles. The van der Waals surface area contributed by atoms with E-state index in [1.807, 2.05) is 0 Å². The van der Waals surface area contributed by atoms with Crippen molar-refractivity contribution >= 4 is 29.0 Å². The maximum atomic E-state index is 13.0. The lowest BCUT2D eigenvalue weighted by Gasteiger charge is -2.07. The molecule has 0 saturated carbocycles. The van der Waals surface area contributed by atoms with E-state index in [0.29, 0.717) is 21.2 Å². The summed E-state index contributed by atoms with van der Waals surface area (Å²) in [6.07, 6.45) is 0. The molecule has 2 aromatic rings. The normalized spacial score (nSPS) is 10.4. The molecule has 0 unspecified atom stereocenters. The second-order valence-electron chi connectivity index (χ2n) is 3.87. The molecule has 0 radical (unpaired) electrons. The van der Waals surface area contributed by atoms with Gasteiger partial charge in [0.25, 0.3) is 0 Å². The number of Topliss-reactive ketones (excluding diaryl/α,β-unsaturated/α-hetero) is 1. The number of carbonyl (C=O) groups is 1. The van der Waals surface area contributed by atoms with Crippen LogP contribution >= 0.6 is 23.2 Å². The molecule has 0 N–H and O–H groups in total. The molecular weight excluding hydrogens is 274 g/mol. The van der Waals surface area contributed by atoms with Gasteiger partial charge < -0.3 is 0 Å². The highest BCUT2D eigenvalue weighted by Gasteiger charge is 2.09. The lowest BCUT2D eigenvalue weighted by atomic mass is 10.0. The Labute approximate surface area is 114 Å². The first kappa shape index (κ1) is 13.1. The third-order valence-electron chi connectivity index (χ3n) is 2.59. The highest BCUT2D eigenvalue weighted by Crippen LogP contribution is 2.31. The maximum absolute atomic E-state index is 13.0. The highest BCUT2D eigenvalue weighted by atomic mass is 35.5. The lowest BCUT2D eigenvalue weighted by molar-refractivity contribution is 0.101. The number of benzene rings is 2. The Kier molecular flexibility index (Phi) is 3.69. The molecule has 2 rings (SSSR count). The van der Waals surface area contributed by atoms with E-state index in [0.717, 1.165) is 5.56 Å². The first-order valence-electron chi connectivity index (χ1n) is 5.25. The van der Waals surface area contributed by atoms with Crippen molar-refractivity contribution in [2.75, 3.05) is 0 Å². The molecule has 0 bridgehead atoms. The van der Waals surface area contributed by atoms with Gasteiger partial charge in [-0.05, 0) is 42.8 Å². The standard InChI is InChI=1S/C14H9Cl2FO/c1-8(18)11-4-2-9(6-13(11)15)12-5-3-10(17)7-14(12)16/h2-7H,1H3. The number of hydrogen-bond donors (Lipinski definition) is 0. The maximum Gasteiger partial charge on any atom is 0.161 e. The Balaban J connectivity index is 2.52. The molecule has 0 saturated heterocycles. The minimum absolute atomic E-state index is 0.100. The fourth-order valence-electron chi connectivity index (χ4n) is 1.69. The van der Waals surface area contributed by atoms with Crippen LogP contribution in [0.1, 0.15) is 17.3 Å². The van der Waals surface area contributed by atoms with Crippen LogP contribution in [0.3, 0.4) is 0 Å². The van der Waals surface area contributed by atoms with Gasteiger partial charge in [-0.2, -0.15) is 0 Å². The Hall–Kier alpha value is -1.38. The molecular formula is C14H9Cl2FO. The van der Waals surface area contributed by atoms with Crippen LogP contribution in [0.15, 0.2) is 36.4 Å². The zero-order valence-corrected chi connectivity index (χ0v) is 11.0. The largest absolute Gasteiger partial charge is 0.294 e. The molecule has 0 spiro atoms. The van der Waals surface area contributed by atoms with Crippen molar-refractivity contribution in [3.63, 3.8) is 0 Å². The molecule has 0 aliphatic carbocycles. The van der Waals surface area contributed by atoms with E-state index in [1.54, 1.807) is 24.3 Å². The van der Waals surface area contributed by atoms with Gasteiger partial charge in [-0.1, -0.05) is 29.3 Å². The van der Waals surface area contributed by atoms with Crippen LogP contribution in [0.5, 0.6) is 0 Å². The number of ketones is 1. The van der Waals surface area contributed by atoms with Crippen LogP contribution < -0.4 is 0 Å².